The Morgan fingerprint density at radius 3 is 2.20 bits per heavy atom. The van der Waals surface area contributed by atoms with E-state index < -0.39 is 0 Å². The Morgan fingerprint density at radius 1 is 1.20 bits per heavy atom. The molecule has 1 aliphatic rings. The Hall–Kier alpha value is -0.610. The van der Waals surface area contributed by atoms with E-state index in [1.54, 1.807) is 7.11 Å². The molecule has 0 aliphatic carbocycles. The molecule has 4 nitrogen and oxygen atoms in total. The van der Waals surface area contributed by atoms with Crippen molar-refractivity contribution in [3.05, 3.63) is 0 Å². The van der Waals surface area contributed by atoms with Crippen LogP contribution in [0.2, 0.25) is 0 Å². The summed E-state index contributed by atoms with van der Waals surface area (Å²) in [6, 6.07) is 0. The van der Waals surface area contributed by atoms with Gasteiger partial charge in [-0.05, 0) is 43.7 Å². The number of carbonyl (C=O) groups excluding carboxylic acids is 1. The van der Waals surface area contributed by atoms with Gasteiger partial charge in [0.25, 0.3) is 0 Å². The molecule has 4 heteroatoms. The Balaban J connectivity index is 2.62. The van der Waals surface area contributed by atoms with E-state index in [-0.39, 0.29) is 11.3 Å². The fourth-order valence-corrected chi connectivity index (χ4v) is 3.26. The molecule has 0 bridgehead atoms. The van der Waals surface area contributed by atoms with Crippen LogP contribution in [0.4, 0.5) is 0 Å². The largest absolute Gasteiger partial charge is 0.384 e. The molecule has 20 heavy (non-hydrogen) atoms. The number of hydrogen-bond acceptors (Lipinski definition) is 3. The van der Waals surface area contributed by atoms with Gasteiger partial charge in [-0.2, -0.15) is 0 Å². The predicted molar refractivity (Wildman–Crippen MR) is 82.6 cm³/mol. The second-order valence-corrected chi connectivity index (χ2v) is 6.83. The molecular formula is C16H32N2O2. The number of nitrogens with one attached hydrogen (secondary N) is 2. The molecule has 0 unspecified atom stereocenters. The zero-order valence-electron chi connectivity index (χ0n) is 13.8. The number of hydrogen-bond donors (Lipinski definition) is 2. The van der Waals surface area contributed by atoms with Crippen molar-refractivity contribution >= 4 is 5.91 Å². The highest BCUT2D eigenvalue weighted by Crippen LogP contribution is 2.30. The summed E-state index contributed by atoms with van der Waals surface area (Å²) in [5, 5.41) is 6.51. The normalized spacial score (nSPS) is 18.8. The van der Waals surface area contributed by atoms with Crippen molar-refractivity contribution in [3.63, 3.8) is 0 Å². The van der Waals surface area contributed by atoms with Crippen LogP contribution in [0.1, 0.15) is 40.5 Å². The van der Waals surface area contributed by atoms with E-state index >= 15 is 0 Å². The summed E-state index contributed by atoms with van der Waals surface area (Å²) < 4.78 is 5.32. The summed E-state index contributed by atoms with van der Waals surface area (Å²) >= 11 is 0. The van der Waals surface area contributed by atoms with Crippen molar-refractivity contribution in [2.45, 2.75) is 40.5 Å². The van der Waals surface area contributed by atoms with E-state index in [1.807, 2.05) is 0 Å². The summed E-state index contributed by atoms with van der Waals surface area (Å²) in [7, 11) is 1.68. The number of methoxy groups -OCH3 is 1. The van der Waals surface area contributed by atoms with Crippen molar-refractivity contribution in [1.82, 2.24) is 10.6 Å². The number of ether oxygens (including phenoxy) is 1. The summed E-state index contributed by atoms with van der Waals surface area (Å²) in [4.78, 5) is 12.6. The highest BCUT2D eigenvalue weighted by Gasteiger charge is 2.39. The lowest BCUT2D eigenvalue weighted by Gasteiger charge is -2.36. The Kier molecular flexibility index (Phi) is 6.96. The molecule has 0 aromatic heterocycles. The second kappa shape index (κ2) is 7.99. The number of piperidine rings is 1. The first-order valence-electron chi connectivity index (χ1n) is 7.91. The van der Waals surface area contributed by atoms with Gasteiger partial charge in [0.2, 0.25) is 5.91 Å². The maximum Gasteiger partial charge on any atom is 0.228 e. The van der Waals surface area contributed by atoms with Crippen molar-refractivity contribution < 1.29 is 9.53 Å². The van der Waals surface area contributed by atoms with Crippen molar-refractivity contribution in [3.8, 4) is 0 Å². The van der Waals surface area contributed by atoms with Gasteiger partial charge in [0, 0.05) is 13.7 Å². The first kappa shape index (κ1) is 17.4. The van der Waals surface area contributed by atoms with Gasteiger partial charge in [0.05, 0.1) is 12.0 Å². The lowest BCUT2D eigenvalue weighted by Crippen LogP contribution is -2.51. The lowest BCUT2D eigenvalue weighted by atomic mass is 9.78. The minimum Gasteiger partial charge on any atom is -0.384 e. The fraction of sp³-hybridized carbons (Fsp3) is 0.938. The predicted octanol–water partition coefficient (Wildman–Crippen LogP) is 2.05. The van der Waals surface area contributed by atoms with Gasteiger partial charge in [0.15, 0.2) is 0 Å². The summed E-state index contributed by atoms with van der Waals surface area (Å²) in [6.07, 6.45) is 1.72. The van der Waals surface area contributed by atoms with Gasteiger partial charge in [-0.1, -0.05) is 27.7 Å². The molecule has 2 N–H and O–H groups in total. The van der Waals surface area contributed by atoms with Gasteiger partial charge < -0.3 is 15.4 Å². The van der Waals surface area contributed by atoms with Crippen LogP contribution in [0.5, 0.6) is 0 Å². The third-order valence-electron chi connectivity index (χ3n) is 4.67. The lowest BCUT2D eigenvalue weighted by molar-refractivity contribution is -0.136. The highest BCUT2D eigenvalue weighted by atomic mass is 16.5. The van der Waals surface area contributed by atoms with Gasteiger partial charge in [-0.25, -0.2) is 0 Å². The van der Waals surface area contributed by atoms with Crippen LogP contribution in [-0.4, -0.2) is 39.3 Å². The molecule has 0 atom stereocenters. The maximum atomic E-state index is 12.6. The third kappa shape index (κ3) is 4.45. The molecular weight excluding hydrogens is 252 g/mol. The van der Waals surface area contributed by atoms with Gasteiger partial charge in [0.1, 0.15) is 0 Å². The van der Waals surface area contributed by atoms with Crippen LogP contribution >= 0.6 is 0 Å². The van der Waals surface area contributed by atoms with Gasteiger partial charge in [-0.3, -0.25) is 4.79 Å². The summed E-state index contributed by atoms with van der Waals surface area (Å²) in [5.74, 6) is 1.87. The maximum absolute atomic E-state index is 12.6. The molecule has 1 aliphatic heterocycles. The van der Waals surface area contributed by atoms with Crippen molar-refractivity contribution in [1.29, 1.82) is 0 Å². The van der Waals surface area contributed by atoms with E-state index in [0.29, 0.717) is 24.4 Å². The Labute approximate surface area is 124 Å². The minimum absolute atomic E-state index is 0.173. The van der Waals surface area contributed by atoms with Crippen molar-refractivity contribution in [2.24, 2.45) is 23.2 Å². The molecule has 0 spiro atoms. The molecule has 1 saturated heterocycles. The Morgan fingerprint density at radius 2 is 1.75 bits per heavy atom. The van der Waals surface area contributed by atoms with E-state index in [4.69, 9.17) is 4.74 Å². The first-order valence-corrected chi connectivity index (χ1v) is 7.91. The molecule has 118 valence electrons. The van der Waals surface area contributed by atoms with E-state index in [9.17, 15) is 4.79 Å². The smallest absolute Gasteiger partial charge is 0.228 e. The van der Waals surface area contributed by atoms with E-state index in [0.717, 1.165) is 32.5 Å². The molecule has 0 saturated carbocycles. The topological polar surface area (TPSA) is 50.4 Å². The average Bonchev–Trinajstić information content (AvgIpc) is 2.39. The third-order valence-corrected chi connectivity index (χ3v) is 4.67. The molecule has 0 aromatic carbocycles. The van der Waals surface area contributed by atoms with Crippen LogP contribution in [0.3, 0.4) is 0 Å². The second-order valence-electron chi connectivity index (χ2n) is 6.83. The zero-order chi connectivity index (χ0) is 15.2. The first-order chi connectivity index (χ1) is 9.43. The summed E-state index contributed by atoms with van der Waals surface area (Å²) in [5.41, 5.74) is -0.335. The van der Waals surface area contributed by atoms with E-state index in [2.05, 4.69) is 38.3 Å². The SMILES string of the molecule is COCC1(C(=O)NCC(C(C)C)C(C)C)CCNCC1. The number of amides is 1. The molecule has 1 fully saturated rings. The molecule has 1 heterocycles. The van der Waals surface area contributed by atoms with Gasteiger partial charge in [-0.15, -0.1) is 0 Å². The van der Waals surface area contributed by atoms with Crippen LogP contribution in [0.15, 0.2) is 0 Å². The zero-order valence-corrected chi connectivity index (χ0v) is 13.8. The van der Waals surface area contributed by atoms with Crippen LogP contribution in [-0.2, 0) is 9.53 Å². The number of rotatable bonds is 7. The van der Waals surface area contributed by atoms with Crippen LogP contribution in [0, 0.1) is 23.2 Å². The van der Waals surface area contributed by atoms with Crippen LogP contribution < -0.4 is 10.6 Å². The summed E-state index contributed by atoms with van der Waals surface area (Å²) in [6.45, 7) is 12.0. The molecule has 0 radical (unpaired) electrons. The molecule has 0 aromatic rings. The minimum atomic E-state index is -0.335. The Bertz CT molecular complexity index is 283. The molecule has 1 rings (SSSR count). The van der Waals surface area contributed by atoms with Crippen LogP contribution in [0.25, 0.3) is 0 Å². The molecule has 1 amide bonds. The number of carbonyl (C=O) groups is 1. The van der Waals surface area contributed by atoms with E-state index in [1.165, 1.54) is 0 Å². The fourth-order valence-electron chi connectivity index (χ4n) is 3.26. The van der Waals surface area contributed by atoms with Crippen molar-refractivity contribution in [2.75, 3.05) is 33.4 Å². The monoisotopic (exact) mass is 284 g/mol. The highest BCUT2D eigenvalue weighted by molar-refractivity contribution is 5.83. The van der Waals surface area contributed by atoms with Gasteiger partial charge >= 0.3 is 0 Å². The standard InChI is InChI=1S/C16H32N2O2/c1-12(2)14(13(3)4)10-18-15(19)16(11-20-5)6-8-17-9-7-16/h12-14,17H,6-11H2,1-5H3,(H,18,19). The quantitative estimate of drug-likeness (QED) is 0.752. The average molecular weight is 284 g/mol.